The van der Waals surface area contributed by atoms with E-state index < -0.39 is 5.82 Å². The number of β-amino-alcohol motifs (C(OH)–C–C–N with tert-alkyl or cyclic N) is 1. The number of ether oxygens (including phenoxy) is 1. The standard InChI is InChI=1S/C29H29FN6O4S/c30-21-15-20(34-29(39)33-19-2-3-19)4-6-24(21)40-25-7-8-31-23-16-26(41-27(23)25)22-5-1-18(17-32-22)28(38)36-11-9-35(10-12-36)13-14-37/h1,4-8,15-17,19,37H,2-3,9-14H2,(H2,33,34,39). The van der Waals surface area contributed by atoms with Gasteiger partial charge >= 0.3 is 6.03 Å². The quantitative estimate of drug-likeness (QED) is 0.286. The van der Waals surface area contributed by atoms with Gasteiger partial charge in [-0.2, -0.15) is 0 Å². The summed E-state index contributed by atoms with van der Waals surface area (Å²) in [6, 6.07) is 11.3. The Morgan fingerprint density at radius 3 is 2.59 bits per heavy atom. The first kappa shape index (κ1) is 27.1. The van der Waals surface area contributed by atoms with E-state index in [2.05, 4.69) is 25.5 Å². The summed E-state index contributed by atoms with van der Waals surface area (Å²) < 4.78 is 21.5. The summed E-state index contributed by atoms with van der Waals surface area (Å²) in [4.78, 5) is 38.7. The zero-order valence-electron chi connectivity index (χ0n) is 22.2. The lowest BCUT2D eigenvalue weighted by Gasteiger charge is -2.34. The first-order chi connectivity index (χ1) is 20.0. The number of pyridine rings is 2. The van der Waals surface area contributed by atoms with E-state index in [0.29, 0.717) is 47.8 Å². The molecule has 0 bridgehead atoms. The van der Waals surface area contributed by atoms with Crippen molar-refractivity contribution >= 4 is 39.2 Å². The number of amides is 3. The molecule has 0 atom stereocenters. The smallest absolute Gasteiger partial charge is 0.319 e. The lowest BCUT2D eigenvalue weighted by molar-refractivity contribution is 0.0614. The number of hydrogen-bond acceptors (Lipinski definition) is 8. The fourth-order valence-electron chi connectivity index (χ4n) is 4.65. The van der Waals surface area contributed by atoms with E-state index in [9.17, 15) is 14.0 Å². The van der Waals surface area contributed by atoms with Crippen molar-refractivity contribution in [2.24, 2.45) is 0 Å². The molecular weight excluding hydrogens is 547 g/mol. The summed E-state index contributed by atoms with van der Waals surface area (Å²) in [5, 5.41) is 14.6. The monoisotopic (exact) mass is 576 g/mol. The number of thiophene rings is 1. The van der Waals surface area contributed by atoms with Crippen molar-refractivity contribution in [3.8, 4) is 22.1 Å². The molecule has 1 saturated heterocycles. The first-order valence-electron chi connectivity index (χ1n) is 13.5. The van der Waals surface area contributed by atoms with Crippen LogP contribution in [0.1, 0.15) is 23.2 Å². The van der Waals surface area contributed by atoms with E-state index in [4.69, 9.17) is 9.84 Å². The summed E-state index contributed by atoms with van der Waals surface area (Å²) in [5.74, 6) is -0.191. The molecule has 0 radical (unpaired) electrons. The molecule has 12 heteroatoms. The Hall–Kier alpha value is -4.13. The van der Waals surface area contributed by atoms with Gasteiger partial charge in [0.25, 0.3) is 5.91 Å². The van der Waals surface area contributed by atoms with Crippen LogP contribution in [0.4, 0.5) is 14.9 Å². The maximum atomic E-state index is 14.9. The van der Waals surface area contributed by atoms with Gasteiger partial charge in [0.15, 0.2) is 11.6 Å². The highest BCUT2D eigenvalue weighted by atomic mass is 32.1. The molecule has 1 aliphatic carbocycles. The van der Waals surface area contributed by atoms with E-state index in [1.165, 1.54) is 23.5 Å². The predicted molar refractivity (Wildman–Crippen MR) is 154 cm³/mol. The summed E-state index contributed by atoms with van der Waals surface area (Å²) in [6.45, 7) is 3.43. The lowest BCUT2D eigenvalue weighted by atomic mass is 10.2. The molecule has 1 aliphatic heterocycles. The third-order valence-electron chi connectivity index (χ3n) is 7.04. The van der Waals surface area contributed by atoms with Crippen molar-refractivity contribution < 1.29 is 23.8 Å². The van der Waals surface area contributed by atoms with Crippen LogP contribution in [0.3, 0.4) is 0 Å². The second-order valence-corrected chi connectivity index (χ2v) is 11.1. The number of fused-ring (bicyclic) bond motifs is 1. The van der Waals surface area contributed by atoms with Crippen LogP contribution in [-0.2, 0) is 0 Å². The van der Waals surface area contributed by atoms with Gasteiger partial charge in [-0.15, -0.1) is 11.3 Å². The lowest BCUT2D eigenvalue weighted by Crippen LogP contribution is -2.49. The van der Waals surface area contributed by atoms with E-state index in [0.717, 1.165) is 35.5 Å². The molecule has 6 rings (SSSR count). The van der Waals surface area contributed by atoms with Gasteiger partial charge in [-0.3, -0.25) is 19.7 Å². The van der Waals surface area contributed by atoms with Gasteiger partial charge in [-0.05, 0) is 43.2 Å². The zero-order chi connectivity index (χ0) is 28.3. The highest BCUT2D eigenvalue weighted by Crippen LogP contribution is 2.39. The van der Waals surface area contributed by atoms with Crippen LogP contribution in [0.2, 0.25) is 0 Å². The van der Waals surface area contributed by atoms with Gasteiger partial charge in [0.2, 0.25) is 0 Å². The number of benzene rings is 1. The fourth-order valence-corrected chi connectivity index (χ4v) is 5.69. The maximum Gasteiger partial charge on any atom is 0.319 e. The number of carbonyl (C=O) groups excluding carboxylic acids is 2. The van der Waals surface area contributed by atoms with E-state index in [-0.39, 0.29) is 30.3 Å². The number of carbonyl (C=O) groups is 2. The number of anilines is 1. The Morgan fingerprint density at radius 2 is 1.88 bits per heavy atom. The van der Waals surface area contributed by atoms with Crippen LogP contribution in [0, 0.1) is 5.82 Å². The molecule has 1 aromatic carbocycles. The number of nitrogens with zero attached hydrogens (tertiary/aromatic N) is 4. The number of halogens is 1. The largest absolute Gasteiger partial charge is 0.453 e. The van der Waals surface area contributed by atoms with Gasteiger partial charge in [-0.25, -0.2) is 9.18 Å². The Kier molecular flexibility index (Phi) is 7.77. The third kappa shape index (κ3) is 6.29. The molecule has 4 heterocycles. The topological polar surface area (TPSA) is 120 Å². The summed E-state index contributed by atoms with van der Waals surface area (Å²) in [5.41, 5.74) is 2.23. The molecule has 1 saturated carbocycles. The second-order valence-electron chi connectivity index (χ2n) is 10.0. The summed E-state index contributed by atoms with van der Waals surface area (Å²) >= 11 is 1.41. The number of aliphatic hydroxyl groups excluding tert-OH is 1. The minimum absolute atomic E-state index is 0.0267. The number of rotatable bonds is 8. The van der Waals surface area contributed by atoms with Crippen molar-refractivity contribution in [3.63, 3.8) is 0 Å². The molecule has 0 unspecified atom stereocenters. The van der Waals surface area contributed by atoms with Gasteiger partial charge < -0.3 is 25.4 Å². The normalized spacial score (nSPS) is 15.6. The zero-order valence-corrected chi connectivity index (χ0v) is 23.0. The predicted octanol–water partition coefficient (Wildman–Crippen LogP) is 4.32. The molecule has 10 nitrogen and oxygen atoms in total. The van der Waals surface area contributed by atoms with Gasteiger partial charge in [0.05, 0.1) is 33.0 Å². The number of aliphatic hydroxyl groups is 1. The molecule has 3 aromatic heterocycles. The van der Waals surface area contributed by atoms with Gasteiger partial charge in [-0.1, -0.05) is 0 Å². The average molecular weight is 577 g/mol. The molecule has 2 aliphatic rings. The van der Waals surface area contributed by atoms with Crippen LogP contribution in [-0.4, -0.2) is 82.2 Å². The Labute approximate surface area is 239 Å². The molecule has 212 valence electrons. The van der Waals surface area contributed by atoms with Crippen molar-refractivity contribution in [1.82, 2.24) is 25.1 Å². The van der Waals surface area contributed by atoms with Gasteiger partial charge in [0.1, 0.15) is 5.75 Å². The molecule has 3 N–H and O–H groups in total. The minimum Gasteiger partial charge on any atom is -0.453 e. The van der Waals surface area contributed by atoms with Crippen molar-refractivity contribution in [3.05, 3.63) is 66.2 Å². The minimum atomic E-state index is -0.604. The molecule has 0 spiro atoms. The second kappa shape index (κ2) is 11.8. The number of nitrogens with one attached hydrogen (secondary N) is 2. The fraction of sp³-hybridized carbons (Fsp3) is 0.310. The highest BCUT2D eigenvalue weighted by Gasteiger charge is 2.24. The van der Waals surface area contributed by atoms with Crippen LogP contribution >= 0.6 is 11.3 Å². The summed E-state index contributed by atoms with van der Waals surface area (Å²) in [7, 11) is 0. The van der Waals surface area contributed by atoms with E-state index in [1.54, 1.807) is 30.6 Å². The van der Waals surface area contributed by atoms with E-state index in [1.807, 2.05) is 17.0 Å². The molecule has 3 amide bonds. The maximum absolute atomic E-state index is 14.9. The molecule has 4 aromatic rings. The van der Waals surface area contributed by atoms with Crippen LogP contribution in [0.15, 0.2) is 54.9 Å². The molecule has 2 fully saturated rings. The average Bonchev–Trinajstić information content (AvgIpc) is 3.68. The van der Waals surface area contributed by atoms with Crippen LogP contribution in [0.5, 0.6) is 11.5 Å². The van der Waals surface area contributed by atoms with E-state index >= 15 is 0 Å². The van der Waals surface area contributed by atoms with Gasteiger partial charge in [0, 0.05) is 69.0 Å². The highest BCUT2D eigenvalue weighted by molar-refractivity contribution is 7.22. The number of aromatic nitrogens is 2. The Balaban J connectivity index is 1.14. The third-order valence-corrected chi connectivity index (χ3v) is 8.20. The van der Waals surface area contributed by atoms with Crippen LogP contribution in [0.25, 0.3) is 20.8 Å². The van der Waals surface area contributed by atoms with Crippen molar-refractivity contribution in [2.45, 2.75) is 18.9 Å². The SMILES string of the molecule is O=C(Nc1ccc(Oc2ccnc3cc(-c4ccc(C(=O)N5CCN(CCO)CC5)cn4)sc23)c(F)c1)NC1CC1. The number of piperazine rings is 1. The molecule has 41 heavy (non-hydrogen) atoms. The van der Waals surface area contributed by atoms with Crippen molar-refractivity contribution in [2.75, 3.05) is 44.6 Å². The number of hydrogen-bond donors (Lipinski definition) is 3. The number of urea groups is 1. The Bertz CT molecular complexity index is 1570. The van der Waals surface area contributed by atoms with Crippen molar-refractivity contribution in [1.29, 1.82) is 0 Å². The summed E-state index contributed by atoms with van der Waals surface area (Å²) in [6.07, 6.45) is 5.11. The van der Waals surface area contributed by atoms with Crippen LogP contribution < -0.4 is 15.4 Å². The Morgan fingerprint density at radius 1 is 1.05 bits per heavy atom. The first-order valence-corrected chi connectivity index (χ1v) is 14.3. The molecular formula is C29H29FN6O4S.